The molecule has 0 aliphatic carbocycles. The Labute approximate surface area is 173 Å². The second kappa shape index (κ2) is 8.05. The molecule has 0 amide bonds. The maximum atomic E-state index is 11.4. The molecule has 2 aliphatic rings. The summed E-state index contributed by atoms with van der Waals surface area (Å²) in [5.74, 6) is -0.424. The van der Waals surface area contributed by atoms with Crippen LogP contribution in [0.25, 0.3) is 0 Å². The van der Waals surface area contributed by atoms with Crippen molar-refractivity contribution in [3.8, 4) is 0 Å². The van der Waals surface area contributed by atoms with Crippen LogP contribution in [0.1, 0.15) is 71.6 Å². The highest BCUT2D eigenvalue weighted by Crippen LogP contribution is 2.31. The Morgan fingerprint density at radius 2 is 1.07 bits per heavy atom. The van der Waals surface area contributed by atoms with Crippen LogP contribution in [-0.4, -0.2) is 34.1 Å². The standard InChI is InChI=1S/2C10H10ClNO2/c2*1-5-6(2)14-10(13)7-3-4-8(11)12-9(5)7/h2*3-6H,1-2H3/t5-,6-;/m1./s1. The lowest BCUT2D eigenvalue weighted by molar-refractivity contribution is 0.0225. The first-order chi connectivity index (χ1) is 13.2. The number of fused-ring (bicyclic) bond motifs is 2. The zero-order chi connectivity index (χ0) is 20.6. The van der Waals surface area contributed by atoms with Crippen molar-refractivity contribution < 1.29 is 19.1 Å². The summed E-state index contributed by atoms with van der Waals surface area (Å²) in [6, 6.07) is 6.53. The number of esters is 2. The van der Waals surface area contributed by atoms with Gasteiger partial charge in [-0.15, -0.1) is 0 Å². The number of carbonyl (C=O) groups excluding carboxylic acids is 2. The number of rotatable bonds is 0. The zero-order valence-electron chi connectivity index (χ0n) is 15.9. The molecule has 2 aromatic rings. The van der Waals surface area contributed by atoms with Gasteiger partial charge in [0.15, 0.2) is 0 Å². The Kier molecular flexibility index (Phi) is 5.91. The molecule has 0 saturated heterocycles. The van der Waals surface area contributed by atoms with Gasteiger partial charge in [0, 0.05) is 11.8 Å². The summed E-state index contributed by atoms with van der Waals surface area (Å²) in [4.78, 5) is 31.2. The fourth-order valence-corrected chi connectivity index (χ4v) is 3.36. The van der Waals surface area contributed by atoms with E-state index in [1.54, 1.807) is 24.3 Å². The van der Waals surface area contributed by atoms with Crippen molar-refractivity contribution in [3.63, 3.8) is 0 Å². The minimum absolute atomic E-state index is 0.0985. The van der Waals surface area contributed by atoms with E-state index in [2.05, 4.69) is 9.97 Å². The Balaban J connectivity index is 0.000000161. The molecule has 28 heavy (non-hydrogen) atoms. The van der Waals surface area contributed by atoms with Gasteiger partial charge in [-0.1, -0.05) is 37.0 Å². The molecule has 2 aromatic heterocycles. The van der Waals surface area contributed by atoms with Crippen molar-refractivity contribution in [1.82, 2.24) is 9.97 Å². The number of aromatic nitrogens is 2. The van der Waals surface area contributed by atoms with E-state index in [-0.39, 0.29) is 36.0 Å². The SMILES string of the molecule is CC1OC(=O)c2ccc(Cl)nc2C1C.C[C@H]1OC(=O)c2ccc(Cl)nc2[C@@H]1C. The first-order valence-electron chi connectivity index (χ1n) is 8.94. The van der Waals surface area contributed by atoms with Crippen LogP contribution < -0.4 is 0 Å². The van der Waals surface area contributed by atoms with Gasteiger partial charge >= 0.3 is 11.9 Å². The van der Waals surface area contributed by atoms with Crippen molar-refractivity contribution in [2.24, 2.45) is 0 Å². The predicted octanol–water partition coefficient (Wildman–Crippen LogP) is 4.79. The first kappa shape index (κ1) is 20.6. The lowest BCUT2D eigenvalue weighted by atomic mass is 9.94. The Hall–Kier alpha value is -2.18. The molecule has 4 heterocycles. The number of hydrogen-bond acceptors (Lipinski definition) is 6. The van der Waals surface area contributed by atoms with E-state index in [1.165, 1.54) is 0 Å². The molecule has 2 unspecified atom stereocenters. The zero-order valence-corrected chi connectivity index (χ0v) is 17.4. The number of ether oxygens (including phenoxy) is 2. The van der Waals surface area contributed by atoms with Crippen LogP contribution in [0, 0.1) is 0 Å². The summed E-state index contributed by atoms with van der Waals surface area (Å²) in [6.45, 7) is 7.65. The van der Waals surface area contributed by atoms with E-state index < -0.39 is 0 Å². The van der Waals surface area contributed by atoms with Crippen LogP contribution in [-0.2, 0) is 9.47 Å². The Morgan fingerprint density at radius 3 is 1.43 bits per heavy atom. The normalized spacial score (nSPS) is 25.5. The highest BCUT2D eigenvalue weighted by atomic mass is 35.5. The average Bonchev–Trinajstić information content (AvgIpc) is 2.64. The molecule has 6 nitrogen and oxygen atoms in total. The molecular weight excluding hydrogens is 403 g/mol. The number of carbonyl (C=O) groups is 2. The van der Waals surface area contributed by atoms with E-state index in [1.807, 2.05) is 27.7 Å². The number of pyridine rings is 2. The maximum Gasteiger partial charge on any atom is 0.340 e. The summed E-state index contributed by atoms with van der Waals surface area (Å²) in [5, 5.41) is 0.829. The van der Waals surface area contributed by atoms with E-state index >= 15 is 0 Å². The van der Waals surface area contributed by atoms with Gasteiger partial charge in [-0.2, -0.15) is 0 Å². The van der Waals surface area contributed by atoms with Crippen LogP contribution in [0.15, 0.2) is 24.3 Å². The molecule has 0 fully saturated rings. The molecule has 148 valence electrons. The van der Waals surface area contributed by atoms with Gasteiger partial charge in [0.2, 0.25) is 0 Å². The fourth-order valence-electron chi connectivity index (χ4n) is 3.05. The molecule has 0 N–H and O–H groups in total. The third-order valence-electron chi connectivity index (χ3n) is 5.08. The van der Waals surface area contributed by atoms with Crippen molar-refractivity contribution in [2.45, 2.75) is 51.7 Å². The largest absolute Gasteiger partial charge is 0.458 e. The Bertz CT molecular complexity index is 859. The molecule has 0 spiro atoms. The van der Waals surface area contributed by atoms with Gasteiger partial charge in [0.05, 0.1) is 22.5 Å². The number of nitrogens with zero attached hydrogens (tertiary/aromatic N) is 2. The summed E-state index contributed by atoms with van der Waals surface area (Å²) >= 11 is 11.5. The monoisotopic (exact) mass is 422 g/mol. The summed E-state index contributed by atoms with van der Waals surface area (Å²) in [6.07, 6.45) is -0.276. The number of halogens is 2. The maximum absolute atomic E-state index is 11.4. The molecule has 8 heteroatoms. The van der Waals surface area contributed by atoms with Crippen molar-refractivity contribution >= 4 is 35.1 Å². The second-order valence-electron chi connectivity index (χ2n) is 6.93. The van der Waals surface area contributed by atoms with E-state index in [9.17, 15) is 9.59 Å². The van der Waals surface area contributed by atoms with E-state index in [4.69, 9.17) is 32.7 Å². The highest BCUT2D eigenvalue weighted by molar-refractivity contribution is 6.29. The molecule has 2 aliphatic heterocycles. The van der Waals surface area contributed by atoms with Gasteiger partial charge in [0.1, 0.15) is 22.5 Å². The third kappa shape index (κ3) is 3.98. The quantitative estimate of drug-likeness (QED) is 0.448. The predicted molar refractivity (Wildman–Crippen MR) is 105 cm³/mol. The minimum atomic E-state index is -0.310. The molecule has 0 bridgehead atoms. The molecule has 0 saturated carbocycles. The third-order valence-corrected chi connectivity index (χ3v) is 5.50. The molecular formula is C20H20Cl2N2O4. The average molecular weight is 423 g/mol. The minimum Gasteiger partial charge on any atom is -0.458 e. The van der Waals surface area contributed by atoms with Gasteiger partial charge in [-0.3, -0.25) is 0 Å². The number of cyclic esters (lactones) is 2. The lowest BCUT2D eigenvalue weighted by Gasteiger charge is -2.26. The molecule has 0 radical (unpaired) electrons. The van der Waals surface area contributed by atoms with Crippen LogP contribution in [0.5, 0.6) is 0 Å². The summed E-state index contributed by atoms with van der Waals surface area (Å²) < 4.78 is 10.3. The summed E-state index contributed by atoms with van der Waals surface area (Å²) in [7, 11) is 0. The van der Waals surface area contributed by atoms with Gasteiger partial charge in [0.25, 0.3) is 0 Å². The van der Waals surface area contributed by atoms with E-state index in [0.717, 1.165) is 11.4 Å². The smallest absolute Gasteiger partial charge is 0.340 e. The van der Waals surface area contributed by atoms with Crippen molar-refractivity contribution in [2.75, 3.05) is 0 Å². The second-order valence-corrected chi connectivity index (χ2v) is 7.71. The van der Waals surface area contributed by atoms with Crippen molar-refractivity contribution in [1.29, 1.82) is 0 Å². The van der Waals surface area contributed by atoms with Gasteiger partial charge in [-0.25, -0.2) is 19.6 Å². The molecule has 0 aromatic carbocycles. The number of hydrogen-bond donors (Lipinski definition) is 0. The molecule has 4 rings (SSSR count). The van der Waals surface area contributed by atoms with Gasteiger partial charge in [-0.05, 0) is 38.1 Å². The Morgan fingerprint density at radius 1 is 0.714 bits per heavy atom. The van der Waals surface area contributed by atoms with Crippen molar-refractivity contribution in [3.05, 3.63) is 57.1 Å². The van der Waals surface area contributed by atoms with Crippen LogP contribution in [0.3, 0.4) is 0 Å². The fraction of sp³-hybridized carbons (Fsp3) is 0.400. The topological polar surface area (TPSA) is 78.4 Å². The van der Waals surface area contributed by atoms with Gasteiger partial charge < -0.3 is 9.47 Å². The lowest BCUT2D eigenvalue weighted by Crippen LogP contribution is -2.29. The summed E-state index contributed by atoms with van der Waals surface area (Å²) in [5.41, 5.74) is 2.53. The van der Waals surface area contributed by atoms with E-state index in [0.29, 0.717) is 21.4 Å². The first-order valence-corrected chi connectivity index (χ1v) is 9.69. The highest BCUT2D eigenvalue weighted by Gasteiger charge is 2.32. The molecule has 4 atom stereocenters. The van der Waals surface area contributed by atoms with Crippen LogP contribution in [0.4, 0.5) is 0 Å². The van der Waals surface area contributed by atoms with Crippen LogP contribution >= 0.6 is 23.2 Å². The van der Waals surface area contributed by atoms with Crippen LogP contribution in [0.2, 0.25) is 10.3 Å².